The number of benzene rings is 2. The van der Waals surface area contributed by atoms with Gasteiger partial charge in [0.25, 0.3) is 0 Å². The summed E-state index contributed by atoms with van der Waals surface area (Å²) in [6.07, 6.45) is 0. The smallest absolute Gasteiger partial charge is 0.127 e. The monoisotopic (exact) mass is 264 g/mol. The number of aryl methyl sites for hydroxylation is 1. The Bertz CT molecular complexity index is 853. The van der Waals surface area contributed by atoms with Crippen LogP contribution in [0.2, 0.25) is 0 Å². The van der Waals surface area contributed by atoms with Gasteiger partial charge in [0.2, 0.25) is 0 Å². The van der Waals surface area contributed by atoms with Gasteiger partial charge in [0.15, 0.2) is 0 Å². The van der Waals surface area contributed by atoms with Gasteiger partial charge in [0.05, 0.1) is 10.2 Å². The number of rotatable bonds is 1. The molecule has 2 heterocycles. The molecule has 0 aliphatic carbocycles. The summed E-state index contributed by atoms with van der Waals surface area (Å²) in [4.78, 5) is 8.20. The van der Waals surface area contributed by atoms with Crippen molar-refractivity contribution in [3.63, 3.8) is 0 Å². The van der Waals surface area contributed by atoms with E-state index in [0.29, 0.717) is 0 Å². The number of hydrogen-bond acceptors (Lipinski definition) is 2. The second-order valence-electron chi connectivity index (χ2n) is 4.66. The van der Waals surface area contributed by atoms with Crippen LogP contribution in [-0.2, 0) is 0 Å². The number of nitrogens with zero attached hydrogens (tertiary/aromatic N) is 1. The molecule has 3 heteroatoms. The number of fused-ring (bicyclic) bond motifs is 2. The number of hydrogen-bond donors (Lipinski definition) is 1. The summed E-state index contributed by atoms with van der Waals surface area (Å²) < 4.78 is 1.24. The molecule has 0 saturated heterocycles. The van der Waals surface area contributed by atoms with Crippen molar-refractivity contribution in [2.75, 3.05) is 0 Å². The van der Waals surface area contributed by atoms with Gasteiger partial charge in [-0.25, -0.2) is 4.98 Å². The zero-order valence-electron chi connectivity index (χ0n) is 10.5. The molecule has 0 spiro atoms. The Morgan fingerprint density at radius 3 is 2.68 bits per heavy atom. The topological polar surface area (TPSA) is 28.7 Å². The maximum Gasteiger partial charge on any atom is 0.127 e. The highest BCUT2D eigenvalue weighted by atomic mass is 32.1. The largest absolute Gasteiger partial charge is 0.358 e. The Labute approximate surface area is 114 Å². The summed E-state index contributed by atoms with van der Waals surface area (Å²) in [5.41, 5.74) is 4.67. The molecule has 92 valence electrons. The molecule has 0 radical (unpaired) electrons. The van der Waals surface area contributed by atoms with E-state index in [1.807, 2.05) is 6.07 Å². The van der Waals surface area contributed by atoms with Crippen LogP contribution in [0, 0.1) is 6.92 Å². The molecule has 0 unspecified atom stereocenters. The third-order valence-electron chi connectivity index (χ3n) is 3.40. The average molecular weight is 264 g/mol. The van der Waals surface area contributed by atoms with Crippen LogP contribution in [0.5, 0.6) is 0 Å². The minimum absolute atomic E-state index is 1.08. The molecule has 0 bridgehead atoms. The van der Waals surface area contributed by atoms with E-state index in [1.165, 1.54) is 26.9 Å². The van der Waals surface area contributed by atoms with Crippen LogP contribution < -0.4 is 0 Å². The Morgan fingerprint density at radius 1 is 1.00 bits per heavy atom. The van der Waals surface area contributed by atoms with E-state index in [4.69, 9.17) is 4.98 Å². The first kappa shape index (κ1) is 10.8. The number of nitrogens with one attached hydrogen (secondary N) is 1. The van der Waals surface area contributed by atoms with Gasteiger partial charge < -0.3 is 4.98 Å². The van der Waals surface area contributed by atoms with Crippen molar-refractivity contribution in [2.24, 2.45) is 0 Å². The first-order valence-electron chi connectivity index (χ1n) is 6.26. The lowest BCUT2D eigenvalue weighted by atomic mass is 10.1. The summed E-state index contributed by atoms with van der Waals surface area (Å²) in [6.45, 7) is 2.11. The average Bonchev–Trinajstić information content (AvgIpc) is 2.97. The molecule has 0 atom stereocenters. The summed E-state index contributed by atoms with van der Waals surface area (Å²) in [5, 5.41) is 2.34. The molecule has 0 saturated carbocycles. The SMILES string of the molecule is Cc1[nH]c2ccccc2c1-c1nc2ccccc2s1. The predicted molar refractivity (Wildman–Crippen MR) is 81.6 cm³/mol. The molecule has 2 aromatic carbocycles. The molecule has 0 fully saturated rings. The van der Waals surface area contributed by atoms with Gasteiger partial charge >= 0.3 is 0 Å². The quantitative estimate of drug-likeness (QED) is 0.528. The molecule has 2 nitrogen and oxygen atoms in total. The number of aromatic amines is 1. The van der Waals surface area contributed by atoms with Crippen LogP contribution in [0.1, 0.15) is 5.69 Å². The van der Waals surface area contributed by atoms with Crippen molar-refractivity contribution in [1.29, 1.82) is 0 Å². The molecule has 4 rings (SSSR count). The summed E-state index contributed by atoms with van der Waals surface area (Å²) in [5.74, 6) is 0. The normalized spacial score (nSPS) is 11.4. The zero-order valence-corrected chi connectivity index (χ0v) is 11.3. The molecular formula is C16H12N2S. The van der Waals surface area contributed by atoms with Crippen LogP contribution in [0.4, 0.5) is 0 Å². The van der Waals surface area contributed by atoms with Gasteiger partial charge in [0.1, 0.15) is 5.01 Å². The maximum absolute atomic E-state index is 4.76. The Morgan fingerprint density at radius 2 is 1.79 bits per heavy atom. The van der Waals surface area contributed by atoms with Crippen molar-refractivity contribution >= 4 is 32.5 Å². The fourth-order valence-electron chi connectivity index (χ4n) is 2.53. The van der Waals surface area contributed by atoms with Crippen LogP contribution in [0.15, 0.2) is 48.5 Å². The third kappa shape index (κ3) is 1.59. The first-order chi connectivity index (χ1) is 9.33. The van der Waals surface area contributed by atoms with Gasteiger partial charge in [-0.2, -0.15) is 0 Å². The Balaban J connectivity index is 2.06. The lowest BCUT2D eigenvalue weighted by Gasteiger charge is -1.95. The van der Waals surface area contributed by atoms with E-state index in [9.17, 15) is 0 Å². The minimum Gasteiger partial charge on any atom is -0.358 e. The Hall–Kier alpha value is -2.13. The third-order valence-corrected chi connectivity index (χ3v) is 4.46. The van der Waals surface area contributed by atoms with Crippen LogP contribution in [0.3, 0.4) is 0 Å². The lowest BCUT2D eigenvalue weighted by molar-refractivity contribution is 1.29. The van der Waals surface area contributed by atoms with E-state index in [0.717, 1.165) is 10.5 Å². The van der Waals surface area contributed by atoms with E-state index >= 15 is 0 Å². The minimum atomic E-state index is 1.08. The number of H-pyrrole nitrogens is 1. The van der Waals surface area contributed by atoms with Gasteiger partial charge in [-0.1, -0.05) is 30.3 Å². The van der Waals surface area contributed by atoms with Crippen molar-refractivity contribution in [1.82, 2.24) is 9.97 Å². The Kier molecular flexibility index (Phi) is 2.23. The highest BCUT2D eigenvalue weighted by molar-refractivity contribution is 7.21. The molecule has 2 aromatic heterocycles. The van der Waals surface area contributed by atoms with E-state index in [1.54, 1.807) is 11.3 Å². The fraction of sp³-hybridized carbons (Fsp3) is 0.0625. The van der Waals surface area contributed by atoms with Crippen molar-refractivity contribution in [2.45, 2.75) is 6.92 Å². The molecular weight excluding hydrogens is 252 g/mol. The van der Waals surface area contributed by atoms with Gasteiger partial charge in [-0.05, 0) is 25.1 Å². The van der Waals surface area contributed by atoms with E-state index in [2.05, 4.69) is 54.4 Å². The van der Waals surface area contributed by atoms with Crippen LogP contribution in [-0.4, -0.2) is 9.97 Å². The first-order valence-corrected chi connectivity index (χ1v) is 7.08. The summed E-state index contributed by atoms with van der Waals surface area (Å²) in [6, 6.07) is 16.7. The molecule has 0 aliphatic rings. The second kappa shape index (κ2) is 3.93. The van der Waals surface area contributed by atoms with Crippen molar-refractivity contribution in [3.8, 4) is 10.6 Å². The second-order valence-corrected chi connectivity index (χ2v) is 5.69. The predicted octanol–water partition coefficient (Wildman–Crippen LogP) is 4.75. The fourth-order valence-corrected chi connectivity index (χ4v) is 3.61. The lowest BCUT2D eigenvalue weighted by Crippen LogP contribution is -1.77. The van der Waals surface area contributed by atoms with Gasteiger partial charge in [0, 0.05) is 22.2 Å². The van der Waals surface area contributed by atoms with Gasteiger partial charge in [-0.15, -0.1) is 11.3 Å². The zero-order chi connectivity index (χ0) is 12.8. The van der Waals surface area contributed by atoms with Gasteiger partial charge in [-0.3, -0.25) is 0 Å². The maximum atomic E-state index is 4.76. The van der Waals surface area contributed by atoms with Crippen LogP contribution in [0.25, 0.3) is 31.7 Å². The highest BCUT2D eigenvalue weighted by Gasteiger charge is 2.13. The number of thiazole rings is 1. The molecule has 0 amide bonds. The molecule has 0 aliphatic heterocycles. The molecule has 19 heavy (non-hydrogen) atoms. The number of para-hydroxylation sites is 2. The van der Waals surface area contributed by atoms with E-state index < -0.39 is 0 Å². The standard InChI is InChI=1S/C16H12N2S/c1-10-15(11-6-2-3-7-12(11)17-10)16-18-13-8-4-5-9-14(13)19-16/h2-9,17H,1H3. The van der Waals surface area contributed by atoms with Crippen molar-refractivity contribution < 1.29 is 0 Å². The highest BCUT2D eigenvalue weighted by Crippen LogP contribution is 2.36. The van der Waals surface area contributed by atoms with E-state index in [-0.39, 0.29) is 0 Å². The van der Waals surface area contributed by atoms with Crippen molar-refractivity contribution in [3.05, 3.63) is 54.2 Å². The summed E-state index contributed by atoms with van der Waals surface area (Å²) in [7, 11) is 0. The number of aromatic nitrogens is 2. The summed E-state index contributed by atoms with van der Waals surface area (Å²) >= 11 is 1.75. The van der Waals surface area contributed by atoms with Crippen LogP contribution >= 0.6 is 11.3 Å². The molecule has 1 N–H and O–H groups in total. The molecule has 4 aromatic rings.